The number of rotatable bonds is 5. The number of hydrazine groups is 1. The molecule has 0 aliphatic rings. The number of hydrogen-bond donors (Lipinski definition) is 3. The molecule has 140 valence electrons. The van der Waals surface area contributed by atoms with Crippen molar-refractivity contribution in [2.24, 2.45) is 5.92 Å². The molecule has 0 spiro atoms. The summed E-state index contributed by atoms with van der Waals surface area (Å²) in [6, 6.07) is 14.1. The fourth-order valence-electron chi connectivity index (χ4n) is 2.07. The van der Waals surface area contributed by atoms with Crippen LogP contribution in [0.3, 0.4) is 0 Å². The summed E-state index contributed by atoms with van der Waals surface area (Å²) in [7, 11) is 0. The van der Waals surface area contributed by atoms with Gasteiger partial charge in [0.15, 0.2) is 0 Å². The molecule has 0 fully saturated rings. The number of carbonyl (C=O) groups is 3. The van der Waals surface area contributed by atoms with Gasteiger partial charge in [0, 0.05) is 23.2 Å². The lowest BCUT2D eigenvalue weighted by Gasteiger charge is -2.09. The van der Waals surface area contributed by atoms with Gasteiger partial charge in [-0.2, -0.15) is 0 Å². The van der Waals surface area contributed by atoms with E-state index in [2.05, 4.69) is 16.2 Å². The van der Waals surface area contributed by atoms with Gasteiger partial charge in [0.2, 0.25) is 5.91 Å². The van der Waals surface area contributed by atoms with Crippen molar-refractivity contribution in [2.75, 3.05) is 5.32 Å². The van der Waals surface area contributed by atoms with Gasteiger partial charge in [-0.3, -0.25) is 25.2 Å². The van der Waals surface area contributed by atoms with Crippen LogP contribution in [0, 0.1) is 12.8 Å². The lowest BCUT2D eigenvalue weighted by Crippen LogP contribution is -2.40. The molecular formula is C21H23N3O3. The molecule has 0 aromatic heterocycles. The Morgan fingerprint density at radius 3 is 2.11 bits per heavy atom. The number of benzene rings is 2. The highest BCUT2D eigenvalue weighted by Gasteiger charge is 2.09. The first-order valence-electron chi connectivity index (χ1n) is 8.61. The average molecular weight is 365 g/mol. The Labute approximate surface area is 158 Å². The van der Waals surface area contributed by atoms with Crippen LogP contribution in [0.4, 0.5) is 5.69 Å². The Bertz CT molecular complexity index is 838. The molecule has 0 saturated carbocycles. The Morgan fingerprint density at radius 1 is 0.889 bits per heavy atom. The third-order valence-electron chi connectivity index (χ3n) is 3.74. The van der Waals surface area contributed by atoms with E-state index >= 15 is 0 Å². The van der Waals surface area contributed by atoms with Gasteiger partial charge in [0.05, 0.1) is 0 Å². The van der Waals surface area contributed by atoms with Crippen LogP contribution >= 0.6 is 0 Å². The predicted molar refractivity (Wildman–Crippen MR) is 106 cm³/mol. The quantitative estimate of drug-likeness (QED) is 0.562. The zero-order chi connectivity index (χ0) is 19.8. The van der Waals surface area contributed by atoms with E-state index in [1.54, 1.807) is 44.2 Å². The fraction of sp³-hybridized carbons (Fsp3) is 0.190. The minimum Gasteiger partial charge on any atom is -0.326 e. The van der Waals surface area contributed by atoms with Gasteiger partial charge in [0.25, 0.3) is 11.8 Å². The molecule has 2 aromatic rings. The second-order valence-electron chi connectivity index (χ2n) is 6.41. The molecule has 27 heavy (non-hydrogen) atoms. The second-order valence-corrected chi connectivity index (χ2v) is 6.41. The summed E-state index contributed by atoms with van der Waals surface area (Å²) < 4.78 is 0. The van der Waals surface area contributed by atoms with Gasteiger partial charge >= 0.3 is 0 Å². The molecule has 6 nitrogen and oxygen atoms in total. The third kappa shape index (κ3) is 6.43. The van der Waals surface area contributed by atoms with Crippen LogP contribution in [0.1, 0.15) is 35.3 Å². The van der Waals surface area contributed by atoms with Crippen LogP contribution in [0.15, 0.2) is 54.6 Å². The molecular weight excluding hydrogens is 342 g/mol. The highest BCUT2D eigenvalue weighted by atomic mass is 16.2. The van der Waals surface area contributed by atoms with Crippen molar-refractivity contribution in [2.45, 2.75) is 20.8 Å². The van der Waals surface area contributed by atoms with Crippen LogP contribution in [0.2, 0.25) is 0 Å². The summed E-state index contributed by atoms with van der Waals surface area (Å²) in [5.74, 6) is -1.12. The SMILES string of the molecule is Cc1ccc(C=CC(=O)NNC(=O)c2ccc(NC(=O)C(C)C)cc2)cc1. The molecule has 3 N–H and O–H groups in total. The molecule has 0 heterocycles. The maximum atomic E-state index is 12.1. The minimum atomic E-state index is -0.450. The first-order valence-corrected chi connectivity index (χ1v) is 8.61. The van der Waals surface area contributed by atoms with Gasteiger partial charge in [-0.05, 0) is 42.8 Å². The molecule has 2 rings (SSSR count). The van der Waals surface area contributed by atoms with Crippen molar-refractivity contribution in [1.82, 2.24) is 10.9 Å². The smallest absolute Gasteiger partial charge is 0.269 e. The average Bonchev–Trinajstić information content (AvgIpc) is 2.66. The van der Waals surface area contributed by atoms with Crippen molar-refractivity contribution in [3.05, 3.63) is 71.3 Å². The van der Waals surface area contributed by atoms with E-state index < -0.39 is 11.8 Å². The Kier molecular flexibility index (Phi) is 6.88. The Hall–Kier alpha value is -3.41. The number of hydrogen-bond acceptors (Lipinski definition) is 3. The zero-order valence-electron chi connectivity index (χ0n) is 15.6. The first kappa shape index (κ1) is 19.9. The normalized spacial score (nSPS) is 10.7. The number of carbonyl (C=O) groups excluding carboxylic acids is 3. The standard InChI is InChI=1S/C21H23N3O3/c1-14(2)20(26)22-18-11-9-17(10-12-18)21(27)24-23-19(25)13-8-16-6-4-15(3)5-7-16/h4-14H,1-3H3,(H,22,26)(H,23,25)(H,24,27). The Balaban J connectivity index is 1.85. The molecule has 0 aliphatic heterocycles. The Morgan fingerprint density at radius 2 is 1.52 bits per heavy atom. The third-order valence-corrected chi connectivity index (χ3v) is 3.74. The predicted octanol–water partition coefficient (Wildman–Crippen LogP) is 3.06. The van der Waals surface area contributed by atoms with Gasteiger partial charge < -0.3 is 5.32 Å². The highest BCUT2D eigenvalue weighted by Crippen LogP contribution is 2.11. The molecule has 3 amide bonds. The lowest BCUT2D eigenvalue weighted by molar-refractivity contribution is -0.119. The van der Waals surface area contributed by atoms with Crippen LogP contribution < -0.4 is 16.2 Å². The largest absolute Gasteiger partial charge is 0.326 e. The molecule has 0 aliphatic carbocycles. The minimum absolute atomic E-state index is 0.0974. The second kappa shape index (κ2) is 9.33. The number of aryl methyl sites for hydroxylation is 1. The fourth-order valence-corrected chi connectivity index (χ4v) is 2.07. The van der Waals surface area contributed by atoms with Crippen LogP contribution in [-0.2, 0) is 9.59 Å². The molecule has 0 radical (unpaired) electrons. The van der Waals surface area contributed by atoms with E-state index in [1.165, 1.54) is 6.08 Å². The van der Waals surface area contributed by atoms with E-state index in [1.807, 2.05) is 31.2 Å². The maximum absolute atomic E-state index is 12.1. The van der Waals surface area contributed by atoms with Crippen molar-refractivity contribution in [1.29, 1.82) is 0 Å². The molecule has 0 bridgehead atoms. The summed E-state index contributed by atoms with van der Waals surface area (Å²) >= 11 is 0. The van der Waals surface area contributed by atoms with Gasteiger partial charge in [-0.1, -0.05) is 43.7 Å². The summed E-state index contributed by atoms with van der Waals surface area (Å²) in [6.45, 7) is 5.58. The van der Waals surface area contributed by atoms with Crippen molar-refractivity contribution < 1.29 is 14.4 Å². The number of anilines is 1. The summed E-state index contributed by atoms with van der Waals surface area (Å²) in [5, 5.41) is 2.74. The van der Waals surface area contributed by atoms with E-state index in [0.717, 1.165) is 11.1 Å². The van der Waals surface area contributed by atoms with Gasteiger partial charge in [0.1, 0.15) is 0 Å². The highest BCUT2D eigenvalue weighted by molar-refractivity contribution is 5.98. The van der Waals surface area contributed by atoms with Crippen LogP contribution in [-0.4, -0.2) is 17.7 Å². The monoisotopic (exact) mass is 365 g/mol. The summed E-state index contributed by atoms with van der Waals surface area (Å²) in [4.78, 5) is 35.5. The lowest BCUT2D eigenvalue weighted by atomic mass is 10.1. The maximum Gasteiger partial charge on any atom is 0.269 e. The van der Waals surface area contributed by atoms with Crippen molar-refractivity contribution in [3.63, 3.8) is 0 Å². The van der Waals surface area contributed by atoms with Crippen LogP contribution in [0.5, 0.6) is 0 Å². The summed E-state index contributed by atoms with van der Waals surface area (Å²) in [5.41, 5.74) is 7.67. The molecule has 0 unspecified atom stereocenters. The first-order chi connectivity index (χ1) is 12.8. The number of amides is 3. The van der Waals surface area contributed by atoms with Crippen LogP contribution in [0.25, 0.3) is 6.08 Å². The van der Waals surface area contributed by atoms with E-state index in [0.29, 0.717) is 11.3 Å². The van der Waals surface area contributed by atoms with E-state index in [9.17, 15) is 14.4 Å². The van der Waals surface area contributed by atoms with E-state index in [4.69, 9.17) is 0 Å². The van der Waals surface area contributed by atoms with Gasteiger partial charge in [-0.25, -0.2) is 0 Å². The molecule has 2 aromatic carbocycles. The summed E-state index contributed by atoms with van der Waals surface area (Å²) in [6.07, 6.45) is 3.00. The molecule has 6 heteroatoms. The van der Waals surface area contributed by atoms with Crippen molar-refractivity contribution >= 4 is 29.5 Å². The number of nitrogens with one attached hydrogen (secondary N) is 3. The molecule has 0 atom stereocenters. The van der Waals surface area contributed by atoms with Crippen molar-refractivity contribution in [3.8, 4) is 0 Å². The molecule has 0 saturated heterocycles. The topological polar surface area (TPSA) is 87.3 Å². The van der Waals surface area contributed by atoms with E-state index in [-0.39, 0.29) is 11.8 Å². The zero-order valence-corrected chi connectivity index (χ0v) is 15.6. The van der Waals surface area contributed by atoms with Gasteiger partial charge in [-0.15, -0.1) is 0 Å².